The maximum atomic E-state index is 12.8. The first kappa shape index (κ1) is 19.6. The van der Waals surface area contributed by atoms with Crippen LogP contribution in [0.5, 0.6) is 0 Å². The van der Waals surface area contributed by atoms with E-state index in [1.807, 2.05) is 6.92 Å². The largest absolute Gasteiger partial charge is 0.321 e. The molecule has 4 amide bonds. The van der Waals surface area contributed by atoms with Crippen molar-refractivity contribution in [1.29, 1.82) is 0 Å². The predicted molar refractivity (Wildman–Crippen MR) is 104 cm³/mol. The van der Waals surface area contributed by atoms with Crippen molar-refractivity contribution < 1.29 is 18.0 Å². The number of rotatable bonds is 5. The molecule has 2 atom stereocenters. The second kappa shape index (κ2) is 7.27. The fourth-order valence-electron chi connectivity index (χ4n) is 2.83. The maximum Gasteiger partial charge on any atom is 0.321 e. The second-order valence-electron chi connectivity index (χ2n) is 6.29. The van der Waals surface area contributed by atoms with Crippen molar-refractivity contribution in [3.63, 3.8) is 0 Å². The van der Waals surface area contributed by atoms with Crippen LogP contribution in [0.4, 0.5) is 9.59 Å². The molecule has 0 spiro atoms. The Morgan fingerprint density at radius 1 is 1.14 bits per heavy atom. The molecule has 14 heteroatoms. The molecule has 2 fully saturated rings. The number of benzene rings is 1. The van der Waals surface area contributed by atoms with E-state index >= 15 is 0 Å². The van der Waals surface area contributed by atoms with Crippen LogP contribution in [0.3, 0.4) is 0 Å². The predicted octanol–water partition coefficient (Wildman–Crippen LogP) is 0.715. The quantitative estimate of drug-likeness (QED) is 0.382. The lowest BCUT2D eigenvalue weighted by atomic mass is 10.2. The summed E-state index contributed by atoms with van der Waals surface area (Å²) in [6.07, 6.45) is -1.09. The molecular formula is C15H15N7O4S3. The fourth-order valence-corrected chi connectivity index (χ4v) is 5.19. The molecule has 1 aromatic heterocycles. The highest BCUT2D eigenvalue weighted by Crippen LogP contribution is 2.23. The van der Waals surface area contributed by atoms with Crippen molar-refractivity contribution in [1.82, 2.24) is 35.8 Å². The smallest absolute Gasteiger partial charge is 0.314 e. The second-order valence-corrected chi connectivity index (χ2v) is 9.45. The van der Waals surface area contributed by atoms with Crippen molar-refractivity contribution >= 4 is 45.9 Å². The minimum Gasteiger partial charge on any atom is -0.314 e. The van der Waals surface area contributed by atoms with Gasteiger partial charge < -0.3 is 20.9 Å². The summed E-state index contributed by atoms with van der Waals surface area (Å²) in [5.41, 5.74) is 0.923. The van der Waals surface area contributed by atoms with Gasteiger partial charge in [0.15, 0.2) is 5.16 Å². The summed E-state index contributed by atoms with van der Waals surface area (Å²) in [7, 11) is -3.92. The van der Waals surface area contributed by atoms with Gasteiger partial charge in [-0.05, 0) is 31.3 Å². The topological polar surface area (TPSA) is 149 Å². The summed E-state index contributed by atoms with van der Waals surface area (Å²) < 4.78 is 25.6. The number of aryl methyl sites for hydroxylation is 1. The van der Waals surface area contributed by atoms with E-state index in [0.717, 1.165) is 17.3 Å². The first-order valence-electron chi connectivity index (χ1n) is 8.31. The molecule has 0 aliphatic carbocycles. The molecule has 4 N–H and O–H groups in total. The van der Waals surface area contributed by atoms with Crippen LogP contribution in [0.2, 0.25) is 0 Å². The molecule has 2 aliphatic heterocycles. The van der Waals surface area contributed by atoms with E-state index in [1.165, 1.54) is 17.0 Å². The Labute approximate surface area is 174 Å². The molecule has 2 saturated heterocycles. The third-order valence-electron chi connectivity index (χ3n) is 4.28. The van der Waals surface area contributed by atoms with Crippen LogP contribution < -0.4 is 16.0 Å². The average Bonchev–Trinajstić information content (AvgIpc) is 3.14. The van der Waals surface area contributed by atoms with E-state index in [0.29, 0.717) is 0 Å². The molecule has 11 nitrogen and oxygen atoms in total. The zero-order valence-electron chi connectivity index (χ0n) is 14.9. The number of H-pyrrole nitrogens is 1. The number of aromatic nitrogens is 3. The van der Waals surface area contributed by atoms with Gasteiger partial charge in [-0.1, -0.05) is 29.5 Å². The van der Waals surface area contributed by atoms with Crippen LogP contribution in [0.15, 0.2) is 39.5 Å². The summed E-state index contributed by atoms with van der Waals surface area (Å²) >= 11 is 6.07. The number of nitrogens with one attached hydrogen (secondary N) is 4. The number of carbonyl (C=O) groups excluding carboxylic acids is 2. The summed E-state index contributed by atoms with van der Waals surface area (Å²) in [6, 6.07) is 5.57. The van der Waals surface area contributed by atoms with E-state index in [1.54, 1.807) is 12.1 Å². The molecule has 1 aromatic carbocycles. The maximum absolute atomic E-state index is 12.8. The number of nitrogens with zero attached hydrogens (tertiary/aromatic N) is 3. The first-order valence-corrected chi connectivity index (χ1v) is 11.2. The van der Waals surface area contributed by atoms with Crippen LogP contribution in [-0.4, -0.2) is 58.5 Å². The van der Waals surface area contributed by atoms with E-state index in [2.05, 4.69) is 30.9 Å². The SMILES string of the molecule is Cc1ccc(S(=O)(=O)c2nc(SCN3C(=O)NC4NC(=O)NC43)nc(=S)[nH]2)cc1. The Bertz CT molecular complexity index is 1150. The summed E-state index contributed by atoms with van der Waals surface area (Å²) in [4.78, 5) is 35.6. The number of hydrogen-bond donors (Lipinski definition) is 4. The zero-order chi connectivity index (χ0) is 20.8. The van der Waals surface area contributed by atoms with Crippen LogP contribution in [-0.2, 0) is 9.84 Å². The van der Waals surface area contributed by atoms with Crippen LogP contribution in [0, 0.1) is 11.7 Å². The Hall–Kier alpha value is -2.71. The number of thioether (sulfide) groups is 1. The molecule has 4 rings (SSSR count). The van der Waals surface area contributed by atoms with Crippen molar-refractivity contribution in [2.24, 2.45) is 0 Å². The monoisotopic (exact) mass is 453 g/mol. The lowest BCUT2D eigenvalue weighted by molar-refractivity contribution is 0.207. The van der Waals surface area contributed by atoms with Gasteiger partial charge in [0.2, 0.25) is 19.8 Å². The number of sulfone groups is 1. The Morgan fingerprint density at radius 3 is 2.59 bits per heavy atom. The summed E-state index contributed by atoms with van der Waals surface area (Å²) in [6.45, 7) is 1.85. The third kappa shape index (κ3) is 3.77. The molecule has 152 valence electrons. The van der Waals surface area contributed by atoms with Crippen molar-refractivity contribution in [2.75, 3.05) is 5.88 Å². The molecule has 2 aromatic rings. The van der Waals surface area contributed by atoms with Gasteiger partial charge in [0, 0.05) is 0 Å². The normalized spacial score (nSPS) is 20.8. The Morgan fingerprint density at radius 2 is 1.86 bits per heavy atom. The molecule has 2 aliphatic rings. The summed E-state index contributed by atoms with van der Waals surface area (Å²) in [5, 5.41) is 7.57. The van der Waals surface area contributed by atoms with Crippen molar-refractivity contribution in [3.8, 4) is 0 Å². The van der Waals surface area contributed by atoms with Crippen molar-refractivity contribution in [3.05, 3.63) is 34.6 Å². The van der Waals surface area contributed by atoms with Gasteiger partial charge in [-0.25, -0.2) is 18.0 Å². The molecule has 2 unspecified atom stereocenters. The number of aromatic amines is 1. The molecule has 3 heterocycles. The van der Waals surface area contributed by atoms with Gasteiger partial charge in [0.05, 0.1) is 10.8 Å². The van der Waals surface area contributed by atoms with Gasteiger partial charge in [0.25, 0.3) is 0 Å². The van der Waals surface area contributed by atoms with Crippen LogP contribution in [0.25, 0.3) is 0 Å². The standard InChI is InChI=1S/C15H15N7O4S3/c1-7-2-4-8(5-3-7)29(25,26)14-20-12(27)19-13(21-14)28-6-22-10-9(17-15(22)24)16-11(23)18-10/h2-5,9-10H,6H2,1H3,(H,17,24)(H2,16,18,23)(H,19,20,21,27). The van der Waals surface area contributed by atoms with Crippen LogP contribution in [0.1, 0.15) is 5.56 Å². The first-order chi connectivity index (χ1) is 13.7. The fraction of sp³-hybridized carbons (Fsp3) is 0.267. The number of fused-ring (bicyclic) bond motifs is 1. The zero-order valence-corrected chi connectivity index (χ0v) is 17.3. The highest BCUT2D eigenvalue weighted by Gasteiger charge is 2.45. The molecular weight excluding hydrogens is 438 g/mol. The number of urea groups is 2. The number of amides is 4. The highest BCUT2D eigenvalue weighted by atomic mass is 32.2. The van der Waals surface area contributed by atoms with E-state index in [4.69, 9.17) is 12.2 Å². The third-order valence-corrected chi connectivity index (χ3v) is 6.92. The Balaban J connectivity index is 1.56. The lowest BCUT2D eigenvalue weighted by Crippen LogP contribution is -2.43. The minimum atomic E-state index is -3.92. The van der Waals surface area contributed by atoms with E-state index in [-0.39, 0.29) is 37.9 Å². The van der Waals surface area contributed by atoms with Gasteiger partial charge in [-0.3, -0.25) is 4.90 Å². The highest BCUT2D eigenvalue weighted by molar-refractivity contribution is 7.99. The average molecular weight is 454 g/mol. The van der Waals surface area contributed by atoms with Gasteiger partial charge in [-0.2, -0.15) is 9.97 Å². The molecule has 0 bridgehead atoms. The number of carbonyl (C=O) groups is 2. The minimum absolute atomic E-state index is 0.0484. The molecule has 0 radical (unpaired) electrons. The Kier molecular flexibility index (Phi) is 4.92. The molecule has 0 saturated carbocycles. The number of hydrogen-bond acceptors (Lipinski definition) is 8. The van der Waals surface area contributed by atoms with Gasteiger partial charge in [-0.15, -0.1) is 0 Å². The van der Waals surface area contributed by atoms with Gasteiger partial charge in [0.1, 0.15) is 12.3 Å². The van der Waals surface area contributed by atoms with Crippen molar-refractivity contribution in [2.45, 2.75) is 34.5 Å². The molecule has 29 heavy (non-hydrogen) atoms. The van der Waals surface area contributed by atoms with Gasteiger partial charge >= 0.3 is 12.1 Å². The lowest BCUT2D eigenvalue weighted by Gasteiger charge is -2.20. The van der Waals surface area contributed by atoms with E-state index < -0.39 is 22.2 Å². The van der Waals surface area contributed by atoms with Crippen LogP contribution >= 0.6 is 24.0 Å². The summed E-state index contributed by atoms with van der Waals surface area (Å²) in [5.74, 6) is 0.0811. The van der Waals surface area contributed by atoms with E-state index in [9.17, 15) is 18.0 Å².